The van der Waals surface area contributed by atoms with Gasteiger partial charge in [-0.15, -0.1) is 0 Å². The van der Waals surface area contributed by atoms with Gasteiger partial charge in [-0.3, -0.25) is 14.4 Å². The van der Waals surface area contributed by atoms with E-state index in [1.807, 2.05) is 18.1 Å². The summed E-state index contributed by atoms with van der Waals surface area (Å²) in [6, 6.07) is 7.11. The predicted octanol–water partition coefficient (Wildman–Crippen LogP) is 2.47. The molecule has 2 saturated heterocycles. The highest BCUT2D eigenvalue weighted by Gasteiger charge is 2.30. The summed E-state index contributed by atoms with van der Waals surface area (Å²) in [6.45, 7) is 8.76. The standard InChI is InChI=1S/C24H31N7O/c1-17-11-18(2)13-19(12-17)21-5-4-6-31(21)15-22(32)29-7-9-30(10-8-29)24-20-14-27-28(3)23(20)25-16-26-24/h11-14,16,21H,4-10,15H2,1-3H3. The quantitative estimate of drug-likeness (QED) is 0.630. The van der Waals surface area contributed by atoms with E-state index in [2.05, 4.69) is 56.9 Å². The van der Waals surface area contributed by atoms with Crippen LogP contribution in [0.1, 0.15) is 35.6 Å². The van der Waals surface area contributed by atoms with Crippen LogP contribution in [0.3, 0.4) is 0 Å². The third kappa shape index (κ3) is 3.95. The maximum absolute atomic E-state index is 13.2. The molecule has 8 nitrogen and oxygen atoms in total. The van der Waals surface area contributed by atoms with E-state index in [4.69, 9.17) is 0 Å². The summed E-state index contributed by atoms with van der Waals surface area (Å²) in [6.07, 6.45) is 5.69. The first kappa shape index (κ1) is 20.9. The fraction of sp³-hybridized carbons (Fsp3) is 0.500. The van der Waals surface area contributed by atoms with E-state index in [0.717, 1.165) is 49.3 Å². The molecular weight excluding hydrogens is 402 g/mol. The van der Waals surface area contributed by atoms with Gasteiger partial charge in [0.15, 0.2) is 5.65 Å². The highest BCUT2D eigenvalue weighted by Crippen LogP contribution is 2.33. The highest BCUT2D eigenvalue weighted by atomic mass is 16.2. The summed E-state index contributed by atoms with van der Waals surface area (Å²) >= 11 is 0. The molecule has 3 aromatic rings. The van der Waals surface area contributed by atoms with Gasteiger partial charge < -0.3 is 9.80 Å². The van der Waals surface area contributed by atoms with Crippen molar-refractivity contribution in [3.63, 3.8) is 0 Å². The number of carbonyl (C=O) groups excluding carboxylic acids is 1. The van der Waals surface area contributed by atoms with E-state index in [0.29, 0.717) is 25.7 Å². The number of aromatic nitrogens is 4. The van der Waals surface area contributed by atoms with E-state index in [9.17, 15) is 4.79 Å². The first-order valence-corrected chi connectivity index (χ1v) is 11.5. The van der Waals surface area contributed by atoms with Gasteiger partial charge in [-0.05, 0) is 38.8 Å². The number of amides is 1. The van der Waals surface area contributed by atoms with Crippen LogP contribution in [0.4, 0.5) is 5.82 Å². The Bertz CT molecular complexity index is 1110. The number of hydrogen-bond acceptors (Lipinski definition) is 6. The van der Waals surface area contributed by atoms with Crippen molar-refractivity contribution in [1.82, 2.24) is 29.5 Å². The second-order valence-electron chi connectivity index (χ2n) is 9.12. The first-order valence-electron chi connectivity index (χ1n) is 11.5. The lowest BCUT2D eigenvalue weighted by atomic mass is 9.99. The summed E-state index contributed by atoms with van der Waals surface area (Å²) in [4.78, 5) is 28.6. The van der Waals surface area contributed by atoms with Crippen LogP contribution in [0.25, 0.3) is 11.0 Å². The maximum Gasteiger partial charge on any atom is 0.236 e. The van der Waals surface area contributed by atoms with Crippen molar-refractivity contribution in [2.45, 2.75) is 32.7 Å². The highest BCUT2D eigenvalue weighted by molar-refractivity contribution is 5.87. The molecule has 0 bridgehead atoms. The van der Waals surface area contributed by atoms with Crippen LogP contribution in [-0.4, -0.2) is 74.7 Å². The van der Waals surface area contributed by atoms with Gasteiger partial charge in [0.25, 0.3) is 0 Å². The molecule has 5 rings (SSSR count). The van der Waals surface area contributed by atoms with E-state index >= 15 is 0 Å². The zero-order valence-electron chi connectivity index (χ0n) is 19.2. The minimum absolute atomic E-state index is 0.232. The average molecular weight is 434 g/mol. The Kier molecular flexibility index (Phi) is 5.55. The average Bonchev–Trinajstić information content (AvgIpc) is 3.40. The topological polar surface area (TPSA) is 70.4 Å². The van der Waals surface area contributed by atoms with Crippen LogP contribution in [-0.2, 0) is 11.8 Å². The van der Waals surface area contributed by atoms with Gasteiger partial charge in [0.05, 0.1) is 18.1 Å². The minimum atomic E-state index is 0.232. The number of aryl methyl sites for hydroxylation is 3. The van der Waals surface area contributed by atoms with Crippen molar-refractivity contribution in [2.24, 2.45) is 7.05 Å². The van der Waals surface area contributed by atoms with Crippen LogP contribution >= 0.6 is 0 Å². The molecule has 2 aliphatic rings. The number of piperazine rings is 1. The molecule has 168 valence electrons. The smallest absolute Gasteiger partial charge is 0.236 e. The van der Waals surface area contributed by atoms with Gasteiger partial charge in [0.1, 0.15) is 12.1 Å². The van der Waals surface area contributed by atoms with Crippen LogP contribution in [0.2, 0.25) is 0 Å². The number of fused-ring (bicyclic) bond motifs is 1. The molecule has 1 atom stereocenters. The zero-order chi connectivity index (χ0) is 22.2. The van der Waals surface area contributed by atoms with Crippen molar-refractivity contribution >= 4 is 22.8 Å². The molecule has 2 aromatic heterocycles. The molecule has 0 N–H and O–H groups in total. The molecule has 0 spiro atoms. The van der Waals surface area contributed by atoms with Crippen molar-refractivity contribution in [3.8, 4) is 0 Å². The molecule has 1 unspecified atom stereocenters. The number of hydrogen-bond donors (Lipinski definition) is 0. The molecule has 0 aliphatic carbocycles. The first-order chi connectivity index (χ1) is 15.5. The summed E-state index contributed by atoms with van der Waals surface area (Å²) < 4.78 is 1.77. The number of benzene rings is 1. The summed E-state index contributed by atoms with van der Waals surface area (Å²) in [5.74, 6) is 1.14. The number of nitrogens with zero attached hydrogens (tertiary/aromatic N) is 7. The van der Waals surface area contributed by atoms with E-state index < -0.39 is 0 Å². The molecule has 0 radical (unpaired) electrons. The summed E-state index contributed by atoms with van der Waals surface area (Å²) in [5.41, 5.74) is 4.77. The lowest BCUT2D eigenvalue weighted by Gasteiger charge is -2.36. The van der Waals surface area contributed by atoms with Gasteiger partial charge in [0.2, 0.25) is 5.91 Å². The van der Waals surface area contributed by atoms with Gasteiger partial charge >= 0.3 is 0 Å². The second-order valence-corrected chi connectivity index (χ2v) is 9.12. The van der Waals surface area contributed by atoms with Crippen LogP contribution in [0.5, 0.6) is 0 Å². The van der Waals surface area contributed by atoms with Gasteiger partial charge in [0, 0.05) is 39.3 Å². The maximum atomic E-state index is 13.2. The Morgan fingerprint density at radius 3 is 2.53 bits per heavy atom. The zero-order valence-corrected chi connectivity index (χ0v) is 19.2. The molecule has 1 aromatic carbocycles. The van der Waals surface area contributed by atoms with Crippen LogP contribution < -0.4 is 4.90 Å². The van der Waals surface area contributed by atoms with Crippen molar-refractivity contribution in [3.05, 3.63) is 47.4 Å². The number of rotatable bonds is 4. The van der Waals surface area contributed by atoms with Gasteiger partial charge in [-0.1, -0.05) is 29.3 Å². The van der Waals surface area contributed by atoms with Crippen LogP contribution in [0.15, 0.2) is 30.7 Å². The third-order valence-electron chi connectivity index (χ3n) is 6.77. The second kappa shape index (κ2) is 8.50. The fourth-order valence-corrected chi connectivity index (χ4v) is 5.24. The molecule has 0 saturated carbocycles. The van der Waals surface area contributed by atoms with E-state index in [1.165, 1.54) is 16.7 Å². The lowest BCUT2D eigenvalue weighted by Crippen LogP contribution is -2.51. The van der Waals surface area contributed by atoms with E-state index in [-0.39, 0.29) is 5.91 Å². The van der Waals surface area contributed by atoms with E-state index in [1.54, 1.807) is 11.0 Å². The Hall–Kier alpha value is -3.00. The van der Waals surface area contributed by atoms with Crippen molar-refractivity contribution in [2.75, 3.05) is 44.2 Å². The molecule has 8 heteroatoms. The molecule has 1 amide bonds. The van der Waals surface area contributed by atoms with Crippen molar-refractivity contribution < 1.29 is 4.79 Å². The normalized spacial score (nSPS) is 19.8. The van der Waals surface area contributed by atoms with Gasteiger partial charge in [-0.2, -0.15) is 5.10 Å². The van der Waals surface area contributed by atoms with Crippen molar-refractivity contribution in [1.29, 1.82) is 0 Å². The molecule has 2 fully saturated rings. The molecule has 2 aliphatic heterocycles. The minimum Gasteiger partial charge on any atom is -0.352 e. The number of likely N-dealkylation sites (tertiary alicyclic amines) is 1. The number of carbonyl (C=O) groups is 1. The predicted molar refractivity (Wildman–Crippen MR) is 125 cm³/mol. The molecule has 32 heavy (non-hydrogen) atoms. The largest absolute Gasteiger partial charge is 0.352 e. The summed E-state index contributed by atoms with van der Waals surface area (Å²) in [7, 11) is 1.89. The monoisotopic (exact) mass is 433 g/mol. The summed E-state index contributed by atoms with van der Waals surface area (Å²) in [5, 5.41) is 5.27. The number of anilines is 1. The van der Waals surface area contributed by atoms with Crippen LogP contribution in [0, 0.1) is 13.8 Å². The molecular formula is C24H31N7O. The third-order valence-corrected chi connectivity index (χ3v) is 6.77. The molecule has 4 heterocycles. The fourth-order valence-electron chi connectivity index (χ4n) is 5.24. The Labute approximate surface area is 188 Å². The Morgan fingerprint density at radius 2 is 1.78 bits per heavy atom. The Morgan fingerprint density at radius 1 is 1.03 bits per heavy atom. The Balaban J connectivity index is 1.23. The lowest BCUT2D eigenvalue weighted by molar-refractivity contribution is -0.133. The SMILES string of the molecule is Cc1cc(C)cc(C2CCCN2CC(=O)N2CCN(c3ncnc4c3cnn4C)CC2)c1. The van der Waals surface area contributed by atoms with Gasteiger partial charge in [-0.25, -0.2) is 9.97 Å².